The summed E-state index contributed by atoms with van der Waals surface area (Å²) in [5.41, 5.74) is 1.56. The lowest BCUT2D eigenvalue weighted by Gasteiger charge is -2.41. The second-order valence-corrected chi connectivity index (χ2v) is 12.8. The molecule has 4 heterocycles. The number of hydrogen-bond acceptors (Lipinski definition) is 6. The Morgan fingerprint density at radius 3 is 2.37 bits per heavy atom. The number of unbranched alkanes of at least 4 members (excludes halogenated alkanes) is 1. The number of amides is 1. The van der Waals surface area contributed by atoms with Crippen LogP contribution in [-0.4, -0.2) is 64.1 Å². The Morgan fingerprint density at radius 2 is 1.67 bits per heavy atom. The second-order valence-electron chi connectivity index (χ2n) is 12.8. The minimum Gasteiger partial charge on any atom is -0.352 e. The fraction of sp³-hybridized carbons (Fsp3) is 0.444. The van der Waals surface area contributed by atoms with Crippen molar-refractivity contribution < 1.29 is 13.6 Å². The van der Waals surface area contributed by atoms with Crippen molar-refractivity contribution in [2.45, 2.75) is 65.3 Å². The molecular weight excluding hydrogens is 586 g/mol. The Hall–Kier alpha value is -4.18. The minimum absolute atomic E-state index is 0.112. The zero-order valence-corrected chi connectivity index (χ0v) is 26.9. The first-order valence-corrected chi connectivity index (χ1v) is 16.5. The molecule has 46 heavy (non-hydrogen) atoms. The third-order valence-electron chi connectivity index (χ3n) is 9.55. The number of para-hydroxylation sites is 1. The van der Waals surface area contributed by atoms with Crippen LogP contribution < -0.4 is 15.8 Å². The normalized spacial score (nSPS) is 16.7. The molecule has 0 radical (unpaired) electrons. The Bertz CT molecular complexity index is 1770. The molecule has 242 valence electrons. The highest BCUT2D eigenvalue weighted by molar-refractivity contribution is 5.98. The lowest BCUT2D eigenvalue weighted by Crippen LogP contribution is -2.48. The van der Waals surface area contributed by atoms with Crippen molar-refractivity contribution in [2.24, 2.45) is 5.92 Å². The molecule has 2 aromatic carbocycles. The van der Waals surface area contributed by atoms with Gasteiger partial charge in [-0.05, 0) is 93.9 Å². The van der Waals surface area contributed by atoms with Crippen LogP contribution in [0.4, 0.5) is 14.7 Å². The molecule has 2 aromatic heterocycles. The molecule has 0 aliphatic carbocycles. The molecule has 2 saturated heterocycles. The first-order valence-electron chi connectivity index (χ1n) is 16.5. The van der Waals surface area contributed by atoms with E-state index in [2.05, 4.69) is 29.0 Å². The first kappa shape index (κ1) is 31.8. The van der Waals surface area contributed by atoms with Crippen molar-refractivity contribution >= 4 is 22.9 Å². The summed E-state index contributed by atoms with van der Waals surface area (Å²) in [6, 6.07) is 12.3. The van der Waals surface area contributed by atoms with E-state index in [0.717, 1.165) is 67.0 Å². The standard InChI is InChI=1S/C36H42F2N6O2/c1-4-5-17-39-35(46)25-10-9-24(3)28(22-25)32-27-11-12-31(45)44(33-29(37)7-6-8-30(33)38)34(27)41-36(40-32)43-20-15-26(16-21-43)42-18-13-23(2)14-19-42/h6-12,22-23,26H,4-5,13-21H2,1-3H3,(H,39,46). The number of hydrogen-bond donors (Lipinski definition) is 1. The maximum atomic E-state index is 15.2. The number of fused-ring (bicyclic) bond motifs is 1. The summed E-state index contributed by atoms with van der Waals surface area (Å²) in [6.45, 7) is 10.5. The molecule has 2 aliphatic rings. The topological polar surface area (TPSA) is 83.4 Å². The molecule has 1 N–H and O–H groups in total. The Balaban J connectivity index is 1.46. The molecule has 2 fully saturated rings. The molecule has 4 aromatic rings. The highest BCUT2D eigenvalue weighted by Gasteiger charge is 2.29. The third-order valence-corrected chi connectivity index (χ3v) is 9.55. The Kier molecular flexibility index (Phi) is 9.44. The maximum Gasteiger partial charge on any atom is 0.256 e. The SMILES string of the molecule is CCCCNC(=O)c1ccc(C)c(-c2nc(N3CCC(N4CCC(C)CC4)CC3)nc3c2ccc(=O)n3-c2c(F)cccc2F)c1. The fourth-order valence-corrected chi connectivity index (χ4v) is 6.69. The monoisotopic (exact) mass is 628 g/mol. The van der Waals surface area contributed by atoms with Gasteiger partial charge in [-0.25, -0.2) is 13.8 Å². The van der Waals surface area contributed by atoms with E-state index in [-0.39, 0.29) is 11.6 Å². The summed E-state index contributed by atoms with van der Waals surface area (Å²) in [4.78, 5) is 41.0. The number of carbonyl (C=O) groups is 1. The fourth-order valence-electron chi connectivity index (χ4n) is 6.69. The van der Waals surface area contributed by atoms with Crippen molar-refractivity contribution in [1.29, 1.82) is 0 Å². The smallest absolute Gasteiger partial charge is 0.256 e. The van der Waals surface area contributed by atoms with Gasteiger partial charge in [0.25, 0.3) is 11.5 Å². The van der Waals surface area contributed by atoms with Crippen LogP contribution in [-0.2, 0) is 0 Å². The maximum absolute atomic E-state index is 15.2. The number of anilines is 1. The van der Waals surface area contributed by atoms with E-state index in [0.29, 0.717) is 53.8 Å². The van der Waals surface area contributed by atoms with Crippen LogP contribution >= 0.6 is 0 Å². The van der Waals surface area contributed by atoms with Crippen LogP contribution in [0.1, 0.15) is 68.3 Å². The zero-order valence-electron chi connectivity index (χ0n) is 26.9. The van der Waals surface area contributed by atoms with Gasteiger partial charge in [0, 0.05) is 48.3 Å². The number of piperidine rings is 2. The summed E-state index contributed by atoms with van der Waals surface area (Å²) >= 11 is 0. The predicted molar refractivity (Wildman–Crippen MR) is 178 cm³/mol. The van der Waals surface area contributed by atoms with Gasteiger partial charge in [-0.2, -0.15) is 4.98 Å². The van der Waals surface area contributed by atoms with Gasteiger partial charge < -0.3 is 15.1 Å². The minimum atomic E-state index is -0.866. The van der Waals surface area contributed by atoms with Crippen molar-refractivity contribution in [2.75, 3.05) is 37.6 Å². The Morgan fingerprint density at radius 1 is 0.957 bits per heavy atom. The van der Waals surface area contributed by atoms with E-state index >= 15 is 8.78 Å². The van der Waals surface area contributed by atoms with Crippen LogP contribution in [0.25, 0.3) is 28.0 Å². The van der Waals surface area contributed by atoms with E-state index in [1.54, 1.807) is 18.2 Å². The number of aryl methyl sites for hydroxylation is 1. The largest absolute Gasteiger partial charge is 0.352 e. The molecule has 8 nitrogen and oxygen atoms in total. The van der Waals surface area contributed by atoms with Gasteiger partial charge in [-0.3, -0.25) is 14.2 Å². The van der Waals surface area contributed by atoms with Crippen LogP contribution in [0.5, 0.6) is 0 Å². The number of nitrogens with one attached hydrogen (secondary N) is 1. The second kappa shape index (κ2) is 13.7. The summed E-state index contributed by atoms with van der Waals surface area (Å²) in [5, 5.41) is 3.42. The van der Waals surface area contributed by atoms with Crippen molar-refractivity contribution in [3.8, 4) is 16.9 Å². The van der Waals surface area contributed by atoms with E-state index in [1.165, 1.54) is 25.0 Å². The van der Waals surface area contributed by atoms with Crippen LogP contribution in [0.15, 0.2) is 53.3 Å². The van der Waals surface area contributed by atoms with Gasteiger partial charge in [0.15, 0.2) is 5.65 Å². The van der Waals surface area contributed by atoms with Gasteiger partial charge in [-0.1, -0.05) is 32.4 Å². The van der Waals surface area contributed by atoms with E-state index in [9.17, 15) is 9.59 Å². The van der Waals surface area contributed by atoms with Crippen molar-refractivity contribution in [3.05, 3.63) is 81.6 Å². The van der Waals surface area contributed by atoms with Gasteiger partial charge in [0.2, 0.25) is 5.95 Å². The average molecular weight is 629 g/mol. The quantitative estimate of drug-likeness (QED) is 0.232. The van der Waals surface area contributed by atoms with E-state index < -0.39 is 22.9 Å². The van der Waals surface area contributed by atoms with E-state index in [4.69, 9.17) is 9.97 Å². The molecule has 0 atom stereocenters. The van der Waals surface area contributed by atoms with Crippen molar-refractivity contribution in [3.63, 3.8) is 0 Å². The molecule has 10 heteroatoms. The number of rotatable bonds is 8. The molecule has 1 amide bonds. The number of likely N-dealkylation sites (tertiary alicyclic amines) is 1. The number of pyridine rings is 1. The molecule has 0 spiro atoms. The summed E-state index contributed by atoms with van der Waals surface area (Å²) in [5.74, 6) is -0.763. The van der Waals surface area contributed by atoms with E-state index in [1.807, 2.05) is 13.0 Å². The van der Waals surface area contributed by atoms with Crippen LogP contribution in [0.3, 0.4) is 0 Å². The number of carbonyl (C=O) groups excluding carboxylic acids is 1. The zero-order chi connectivity index (χ0) is 32.4. The molecule has 0 unspecified atom stereocenters. The van der Waals surface area contributed by atoms with Crippen LogP contribution in [0, 0.1) is 24.5 Å². The van der Waals surface area contributed by atoms with Crippen LogP contribution in [0.2, 0.25) is 0 Å². The third kappa shape index (κ3) is 6.40. The first-order chi connectivity index (χ1) is 22.2. The lowest BCUT2D eigenvalue weighted by atomic mass is 9.95. The number of benzene rings is 2. The highest BCUT2D eigenvalue weighted by atomic mass is 19.1. The summed E-state index contributed by atoms with van der Waals surface area (Å²) in [6.07, 6.45) is 6.17. The van der Waals surface area contributed by atoms with Gasteiger partial charge in [0.1, 0.15) is 17.3 Å². The molecular formula is C36H42F2N6O2. The number of nitrogens with zero attached hydrogens (tertiary/aromatic N) is 5. The lowest BCUT2D eigenvalue weighted by molar-refractivity contribution is 0.0953. The molecule has 0 saturated carbocycles. The average Bonchev–Trinajstić information content (AvgIpc) is 3.06. The number of aromatic nitrogens is 3. The van der Waals surface area contributed by atoms with Gasteiger partial charge >= 0.3 is 0 Å². The van der Waals surface area contributed by atoms with Gasteiger partial charge in [-0.15, -0.1) is 0 Å². The van der Waals surface area contributed by atoms with Crippen molar-refractivity contribution in [1.82, 2.24) is 24.8 Å². The summed E-state index contributed by atoms with van der Waals surface area (Å²) in [7, 11) is 0. The Labute approximate surface area is 268 Å². The number of halogens is 2. The molecule has 2 aliphatic heterocycles. The predicted octanol–water partition coefficient (Wildman–Crippen LogP) is 6.26. The molecule has 6 rings (SSSR count). The molecule has 0 bridgehead atoms. The van der Waals surface area contributed by atoms with Gasteiger partial charge in [0.05, 0.1) is 5.69 Å². The summed E-state index contributed by atoms with van der Waals surface area (Å²) < 4.78 is 31.4. The highest BCUT2D eigenvalue weighted by Crippen LogP contribution is 2.33.